The molecule has 0 radical (unpaired) electrons. The minimum absolute atomic E-state index is 0.213. The quantitative estimate of drug-likeness (QED) is 0.635. The van der Waals surface area contributed by atoms with E-state index in [4.69, 9.17) is 16.3 Å². The Morgan fingerprint density at radius 2 is 1.89 bits per heavy atom. The molecule has 1 aromatic heterocycles. The second-order valence-corrected chi connectivity index (χ2v) is 6.88. The molecule has 146 valence electrons. The van der Waals surface area contributed by atoms with E-state index in [0.29, 0.717) is 27.2 Å². The molecule has 0 saturated heterocycles. The Balaban J connectivity index is 2.26. The first kappa shape index (κ1) is 19.9. The zero-order valence-electron chi connectivity index (χ0n) is 15.6. The number of carbonyl (C=O) groups is 2. The number of aromatic hydroxyl groups is 1. The van der Waals surface area contributed by atoms with Crippen LogP contribution in [0.25, 0.3) is 10.9 Å². The number of rotatable bonds is 4. The Bertz CT molecular complexity index is 1070. The van der Waals surface area contributed by atoms with Crippen LogP contribution in [0.3, 0.4) is 0 Å². The predicted octanol–water partition coefficient (Wildman–Crippen LogP) is 4.80. The number of phenols is 1. The summed E-state index contributed by atoms with van der Waals surface area (Å²) in [4.78, 5) is 25.4. The monoisotopic (exact) mass is 403 g/mol. The minimum Gasteiger partial charge on any atom is -0.505 e. The van der Waals surface area contributed by atoms with Crippen molar-refractivity contribution in [3.63, 3.8) is 0 Å². The van der Waals surface area contributed by atoms with Gasteiger partial charge in [-0.1, -0.05) is 11.6 Å². The van der Waals surface area contributed by atoms with Crippen molar-refractivity contribution in [3.05, 3.63) is 64.1 Å². The van der Waals surface area contributed by atoms with Gasteiger partial charge in [-0.25, -0.2) is 4.39 Å². The summed E-state index contributed by atoms with van der Waals surface area (Å²) in [6.45, 7) is 5.24. The van der Waals surface area contributed by atoms with Crippen LogP contribution in [0.15, 0.2) is 36.4 Å². The van der Waals surface area contributed by atoms with Gasteiger partial charge in [-0.2, -0.15) is 0 Å². The van der Waals surface area contributed by atoms with Crippen molar-refractivity contribution < 1.29 is 23.8 Å². The number of aromatic nitrogens is 1. The van der Waals surface area contributed by atoms with Gasteiger partial charge in [0.1, 0.15) is 0 Å². The first-order valence-electron chi connectivity index (χ1n) is 8.76. The molecule has 0 aliphatic carbocycles. The van der Waals surface area contributed by atoms with E-state index in [1.807, 2.05) is 0 Å². The fraction of sp³-hybridized carbons (Fsp3) is 0.238. The lowest BCUT2D eigenvalue weighted by Crippen LogP contribution is -2.16. The van der Waals surface area contributed by atoms with Crippen molar-refractivity contribution >= 4 is 34.4 Å². The van der Waals surface area contributed by atoms with Crippen LogP contribution >= 0.6 is 11.6 Å². The highest BCUT2D eigenvalue weighted by atomic mass is 35.5. The van der Waals surface area contributed by atoms with Crippen LogP contribution in [-0.2, 0) is 9.53 Å². The molecule has 0 aliphatic rings. The number of esters is 1. The maximum Gasteiger partial charge on any atom is 0.313 e. The number of benzene rings is 2. The summed E-state index contributed by atoms with van der Waals surface area (Å²) < 4.78 is 20.5. The molecule has 0 fully saturated rings. The lowest BCUT2D eigenvalue weighted by Gasteiger charge is -2.12. The Morgan fingerprint density at radius 1 is 1.25 bits per heavy atom. The van der Waals surface area contributed by atoms with E-state index in [1.54, 1.807) is 45.0 Å². The fourth-order valence-corrected chi connectivity index (χ4v) is 3.49. The molecule has 1 heterocycles. The van der Waals surface area contributed by atoms with Crippen molar-refractivity contribution in [2.24, 2.45) is 0 Å². The summed E-state index contributed by atoms with van der Waals surface area (Å²) in [7, 11) is 0. The van der Waals surface area contributed by atoms with Crippen LogP contribution in [0.5, 0.6) is 5.75 Å². The highest BCUT2D eigenvalue weighted by Crippen LogP contribution is 2.36. The Labute approximate surface area is 166 Å². The normalized spacial score (nSPS) is 12.2. The first-order valence-corrected chi connectivity index (χ1v) is 9.14. The average molecular weight is 404 g/mol. The second kappa shape index (κ2) is 7.64. The van der Waals surface area contributed by atoms with Gasteiger partial charge in [0, 0.05) is 27.7 Å². The van der Waals surface area contributed by atoms with Crippen LogP contribution in [0.2, 0.25) is 5.02 Å². The molecule has 0 spiro atoms. The highest BCUT2D eigenvalue weighted by Gasteiger charge is 2.28. The molecular formula is C21H19ClFNO4. The molecule has 1 N–H and O–H groups in total. The second-order valence-electron chi connectivity index (χ2n) is 6.44. The van der Waals surface area contributed by atoms with Gasteiger partial charge in [0.2, 0.25) is 0 Å². The summed E-state index contributed by atoms with van der Waals surface area (Å²) in [5, 5.41) is 10.8. The Morgan fingerprint density at radius 3 is 2.50 bits per heavy atom. The molecule has 28 heavy (non-hydrogen) atoms. The summed E-state index contributed by atoms with van der Waals surface area (Å²) >= 11 is 5.89. The third kappa shape index (κ3) is 3.36. The Hall–Kier alpha value is -2.86. The van der Waals surface area contributed by atoms with Crippen molar-refractivity contribution in [3.8, 4) is 5.75 Å². The molecule has 2 aromatic carbocycles. The van der Waals surface area contributed by atoms with Crippen molar-refractivity contribution in [2.45, 2.75) is 26.7 Å². The van der Waals surface area contributed by atoms with E-state index in [1.165, 1.54) is 10.6 Å². The van der Waals surface area contributed by atoms with E-state index in [-0.39, 0.29) is 12.1 Å². The maximum absolute atomic E-state index is 14.1. The molecule has 0 aliphatic heterocycles. The highest BCUT2D eigenvalue weighted by molar-refractivity contribution is 6.30. The van der Waals surface area contributed by atoms with E-state index >= 15 is 0 Å². The van der Waals surface area contributed by atoms with Crippen LogP contribution in [0.1, 0.15) is 41.4 Å². The summed E-state index contributed by atoms with van der Waals surface area (Å²) in [5.41, 5.74) is 1.60. The number of halogens is 2. The van der Waals surface area contributed by atoms with E-state index in [2.05, 4.69) is 0 Å². The van der Waals surface area contributed by atoms with Gasteiger partial charge in [-0.3, -0.25) is 14.2 Å². The van der Waals surface area contributed by atoms with Crippen LogP contribution in [0.4, 0.5) is 4.39 Å². The SMILES string of the molecule is CCOC(=O)[C@H](C)c1c(C)n(C(=O)c2ccc(Cl)cc2)c2cc(F)c(O)cc12. The molecule has 5 nitrogen and oxygen atoms in total. The van der Waals surface area contributed by atoms with Gasteiger partial charge in [0.05, 0.1) is 18.0 Å². The summed E-state index contributed by atoms with van der Waals surface area (Å²) in [6, 6.07) is 8.64. The van der Waals surface area contributed by atoms with E-state index in [0.717, 1.165) is 6.07 Å². The zero-order chi connectivity index (χ0) is 20.6. The number of nitrogens with zero attached hydrogens (tertiary/aromatic N) is 1. The largest absolute Gasteiger partial charge is 0.505 e. The minimum atomic E-state index is -0.856. The van der Waals surface area contributed by atoms with Crippen molar-refractivity contribution in [1.82, 2.24) is 4.57 Å². The molecule has 0 saturated carbocycles. The first-order chi connectivity index (χ1) is 13.3. The van der Waals surface area contributed by atoms with E-state index < -0.39 is 29.4 Å². The number of carbonyl (C=O) groups excluding carboxylic acids is 2. The van der Waals surface area contributed by atoms with Gasteiger partial charge >= 0.3 is 5.97 Å². The molecule has 0 unspecified atom stereocenters. The molecule has 1 atom stereocenters. The van der Waals surface area contributed by atoms with Crippen LogP contribution < -0.4 is 0 Å². The lowest BCUT2D eigenvalue weighted by molar-refractivity contribution is -0.144. The molecule has 0 amide bonds. The van der Waals surface area contributed by atoms with Crippen LogP contribution in [0, 0.1) is 12.7 Å². The molecule has 3 rings (SSSR count). The van der Waals surface area contributed by atoms with Gasteiger partial charge in [0.15, 0.2) is 11.6 Å². The number of ether oxygens (including phenoxy) is 1. The van der Waals surface area contributed by atoms with Crippen molar-refractivity contribution in [1.29, 1.82) is 0 Å². The van der Waals surface area contributed by atoms with Gasteiger partial charge in [-0.05, 0) is 56.7 Å². The van der Waals surface area contributed by atoms with Gasteiger partial charge < -0.3 is 9.84 Å². The van der Waals surface area contributed by atoms with Crippen LogP contribution in [-0.4, -0.2) is 28.2 Å². The predicted molar refractivity (Wildman–Crippen MR) is 105 cm³/mol. The maximum atomic E-state index is 14.1. The molecule has 7 heteroatoms. The molecule has 3 aromatic rings. The molecule has 0 bridgehead atoms. The topological polar surface area (TPSA) is 68.5 Å². The number of hydrogen-bond donors (Lipinski definition) is 1. The lowest BCUT2D eigenvalue weighted by atomic mass is 9.98. The average Bonchev–Trinajstić information content (AvgIpc) is 2.92. The van der Waals surface area contributed by atoms with Gasteiger partial charge in [-0.15, -0.1) is 0 Å². The number of fused-ring (bicyclic) bond motifs is 1. The molecular weight excluding hydrogens is 385 g/mol. The third-order valence-corrected chi connectivity index (χ3v) is 4.94. The van der Waals surface area contributed by atoms with E-state index in [9.17, 15) is 19.1 Å². The third-order valence-electron chi connectivity index (χ3n) is 4.69. The Kier molecular flexibility index (Phi) is 5.42. The van der Waals surface area contributed by atoms with Gasteiger partial charge in [0.25, 0.3) is 5.91 Å². The summed E-state index contributed by atoms with van der Waals surface area (Å²) in [5.74, 6) is -2.98. The fourth-order valence-electron chi connectivity index (χ4n) is 3.36. The summed E-state index contributed by atoms with van der Waals surface area (Å²) in [6.07, 6.45) is 0. The smallest absolute Gasteiger partial charge is 0.313 e. The van der Waals surface area contributed by atoms with Crippen molar-refractivity contribution in [2.75, 3.05) is 6.61 Å². The number of hydrogen-bond acceptors (Lipinski definition) is 4. The zero-order valence-corrected chi connectivity index (χ0v) is 16.4. The number of phenolic OH excluding ortho intramolecular Hbond substituents is 1. The standard InChI is InChI=1S/C21H19ClFNO4/c1-4-28-21(27)11(2)19-12(3)24(17-10-16(23)18(25)9-15(17)19)20(26)13-5-7-14(22)8-6-13/h5-11,25H,4H2,1-3H3/t11-/m1/s1.